The number of benzene rings is 1. The van der Waals surface area contributed by atoms with Crippen LogP contribution in [0.2, 0.25) is 0 Å². The molecule has 0 aliphatic carbocycles. The van der Waals surface area contributed by atoms with Gasteiger partial charge < -0.3 is 14.6 Å². The van der Waals surface area contributed by atoms with Gasteiger partial charge >= 0.3 is 5.97 Å². The Hall–Kier alpha value is -2.83. The van der Waals surface area contributed by atoms with Gasteiger partial charge in [0.15, 0.2) is 11.5 Å². The molecule has 0 amide bonds. The van der Waals surface area contributed by atoms with Crippen molar-refractivity contribution in [2.45, 2.75) is 6.54 Å². The minimum absolute atomic E-state index is 0.469. The molecule has 21 heavy (non-hydrogen) atoms. The normalized spacial score (nSPS) is 10.2. The first-order valence-electron chi connectivity index (χ1n) is 6.07. The van der Waals surface area contributed by atoms with Gasteiger partial charge in [-0.3, -0.25) is 9.59 Å². The van der Waals surface area contributed by atoms with E-state index in [1.54, 1.807) is 18.2 Å². The zero-order chi connectivity index (χ0) is 15.4. The van der Waals surface area contributed by atoms with Crippen LogP contribution < -0.4 is 15.0 Å². The lowest BCUT2D eigenvalue weighted by atomic mass is 10.1. The fraction of sp³-hybridized carbons (Fsp3) is 0.214. The summed E-state index contributed by atoms with van der Waals surface area (Å²) in [7, 11) is 3.04. The molecule has 1 heterocycles. The van der Waals surface area contributed by atoms with Gasteiger partial charge in [0.2, 0.25) is 0 Å². The van der Waals surface area contributed by atoms with E-state index < -0.39 is 18.1 Å². The molecule has 2 aromatic rings. The van der Waals surface area contributed by atoms with Gasteiger partial charge in [0, 0.05) is 11.6 Å². The molecule has 0 saturated heterocycles. The number of aromatic nitrogens is 2. The number of ether oxygens (including phenoxy) is 2. The van der Waals surface area contributed by atoms with Crippen molar-refractivity contribution in [3.8, 4) is 22.8 Å². The van der Waals surface area contributed by atoms with Crippen LogP contribution in [-0.2, 0) is 11.3 Å². The van der Waals surface area contributed by atoms with Crippen molar-refractivity contribution in [3.05, 3.63) is 40.7 Å². The monoisotopic (exact) mass is 290 g/mol. The molecule has 0 saturated carbocycles. The van der Waals surface area contributed by atoms with Gasteiger partial charge in [-0.05, 0) is 24.3 Å². The first-order chi connectivity index (χ1) is 10.0. The molecule has 7 heteroatoms. The minimum Gasteiger partial charge on any atom is -0.493 e. The Morgan fingerprint density at radius 1 is 1.19 bits per heavy atom. The quantitative estimate of drug-likeness (QED) is 0.883. The highest BCUT2D eigenvalue weighted by Gasteiger charge is 2.10. The highest BCUT2D eigenvalue weighted by molar-refractivity contribution is 5.67. The average Bonchev–Trinajstić information content (AvgIpc) is 2.48. The summed E-state index contributed by atoms with van der Waals surface area (Å²) >= 11 is 0. The van der Waals surface area contributed by atoms with Crippen molar-refractivity contribution < 1.29 is 19.4 Å². The second kappa shape index (κ2) is 6.08. The maximum absolute atomic E-state index is 11.6. The second-order valence-electron chi connectivity index (χ2n) is 4.18. The summed E-state index contributed by atoms with van der Waals surface area (Å²) in [4.78, 5) is 22.3. The molecule has 0 aliphatic heterocycles. The van der Waals surface area contributed by atoms with Gasteiger partial charge in [-0.25, -0.2) is 4.68 Å². The molecule has 2 rings (SSSR count). The number of hydrogen-bond donors (Lipinski definition) is 1. The summed E-state index contributed by atoms with van der Waals surface area (Å²) in [5, 5.41) is 12.8. The minimum atomic E-state index is -1.13. The number of hydrogen-bond acceptors (Lipinski definition) is 5. The number of nitrogens with zero attached hydrogens (tertiary/aromatic N) is 2. The predicted molar refractivity (Wildman–Crippen MR) is 74.7 cm³/mol. The summed E-state index contributed by atoms with van der Waals surface area (Å²) in [6, 6.07) is 7.97. The molecule has 7 nitrogen and oxygen atoms in total. The van der Waals surface area contributed by atoms with Crippen molar-refractivity contribution in [2.24, 2.45) is 0 Å². The maximum atomic E-state index is 11.6. The van der Waals surface area contributed by atoms with Gasteiger partial charge in [0.25, 0.3) is 5.56 Å². The molecular formula is C14H14N2O5. The molecule has 0 radical (unpaired) electrons. The number of aliphatic carboxylic acids is 1. The number of carboxylic acids is 1. The van der Waals surface area contributed by atoms with Crippen LogP contribution in [0.5, 0.6) is 11.5 Å². The third-order valence-corrected chi connectivity index (χ3v) is 2.83. The van der Waals surface area contributed by atoms with E-state index in [0.717, 1.165) is 4.68 Å². The summed E-state index contributed by atoms with van der Waals surface area (Å²) in [6.45, 7) is -0.486. The number of carboxylic acid groups (broad SMARTS) is 1. The van der Waals surface area contributed by atoms with Crippen molar-refractivity contribution >= 4 is 5.97 Å². The standard InChI is InChI=1S/C14H14N2O5/c1-20-11-5-3-9(7-12(11)21-2)10-4-6-13(17)16(15-10)8-14(18)19/h3-7H,8H2,1-2H3,(H,18,19). The fourth-order valence-electron chi connectivity index (χ4n) is 1.84. The van der Waals surface area contributed by atoms with Gasteiger partial charge in [0.05, 0.1) is 19.9 Å². The number of carbonyl (C=O) groups is 1. The van der Waals surface area contributed by atoms with Crippen molar-refractivity contribution in [2.75, 3.05) is 14.2 Å². The summed E-state index contributed by atoms with van der Waals surface area (Å²) in [5.74, 6) is -0.0399. The SMILES string of the molecule is COc1ccc(-c2ccc(=O)n(CC(=O)O)n2)cc1OC. The van der Waals surface area contributed by atoms with Crippen LogP contribution in [0, 0.1) is 0 Å². The van der Waals surface area contributed by atoms with Crippen LogP contribution in [0.3, 0.4) is 0 Å². The highest BCUT2D eigenvalue weighted by Crippen LogP contribution is 2.31. The Kier molecular flexibility index (Phi) is 4.22. The van der Waals surface area contributed by atoms with E-state index in [1.807, 2.05) is 0 Å². The lowest BCUT2D eigenvalue weighted by Crippen LogP contribution is -2.26. The molecule has 0 unspecified atom stereocenters. The zero-order valence-electron chi connectivity index (χ0n) is 11.6. The Balaban J connectivity index is 2.47. The zero-order valence-corrected chi connectivity index (χ0v) is 11.6. The van der Waals surface area contributed by atoms with Gasteiger partial charge in [0.1, 0.15) is 6.54 Å². The lowest BCUT2D eigenvalue weighted by Gasteiger charge is -2.10. The molecule has 1 aromatic carbocycles. The summed E-state index contributed by atoms with van der Waals surface area (Å²) < 4.78 is 11.2. The molecule has 0 spiro atoms. The third kappa shape index (κ3) is 3.19. The largest absolute Gasteiger partial charge is 0.493 e. The highest BCUT2D eigenvalue weighted by atomic mass is 16.5. The Morgan fingerprint density at radius 3 is 2.52 bits per heavy atom. The van der Waals surface area contributed by atoms with E-state index in [4.69, 9.17) is 14.6 Å². The molecule has 0 atom stereocenters. The van der Waals surface area contributed by atoms with Crippen LogP contribution in [-0.4, -0.2) is 35.1 Å². The van der Waals surface area contributed by atoms with Crippen molar-refractivity contribution in [3.63, 3.8) is 0 Å². The van der Waals surface area contributed by atoms with Crippen LogP contribution in [0.15, 0.2) is 35.1 Å². The smallest absolute Gasteiger partial charge is 0.325 e. The first-order valence-corrected chi connectivity index (χ1v) is 6.07. The molecule has 1 aromatic heterocycles. The van der Waals surface area contributed by atoms with E-state index in [-0.39, 0.29) is 0 Å². The Labute approximate surface area is 120 Å². The van der Waals surface area contributed by atoms with Crippen LogP contribution >= 0.6 is 0 Å². The second-order valence-corrected chi connectivity index (χ2v) is 4.18. The maximum Gasteiger partial charge on any atom is 0.325 e. The van der Waals surface area contributed by atoms with Gasteiger partial charge in [-0.2, -0.15) is 5.10 Å². The van der Waals surface area contributed by atoms with E-state index in [9.17, 15) is 9.59 Å². The Bertz CT molecular complexity index is 724. The number of rotatable bonds is 5. The van der Waals surface area contributed by atoms with Crippen LogP contribution in [0.4, 0.5) is 0 Å². The van der Waals surface area contributed by atoms with Crippen molar-refractivity contribution in [1.29, 1.82) is 0 Å². The molecular weight excluding hydrogens is 276 g/mol. The molecule has 110 valence electrons. The van der Waals surface area contributed by atoms with Crippen LogP contribution in [0.25, 0.3) is 11.3 Å². The Morgan fingerprint density at radius 2 is 1.90 bits per heavy atom. The summed E-state index contributed by atoms with van der Waals surface area (Å²) in [6.07, 6.45) is 0. The van der Waals surface area contributed by atoms with E-state index in [2.05, 4.69) is 5.10 Å². The summed E-state index contributed by atoms with van der Waals surface area (Å²) in [5.41, 5.74) is 0.685. The lowest BCUT2D eigenvalue weighted by molar-refractivity contribution is -0.138. The first kappa shape index (κ1) is 14.6. The number of methoxy groups -OCH3 is 2. The molecule has 0 bridgehead atoms. The molecule has 1 N–H and O–H groups in total. The van der Waals surface area contributed by atoms with E-state index >= 15 is 0 Å². The third-order valence-electron chi connectivity index (χ3n) is 2.83. The van der Waals surface area contributed by atoms with E-state index in [0.29, 0.717) is 22.8 Å². The molecule has 0 fully saturated rings. The topological polar surface area (TPSA) is 90.7 Å². The fourth-order valence-corrected chi connectivity index (χ4v) is 1.84. The van der Waals surface area contributed by atoms with Crippen molar-refractivity contribution in [1.82, 2.24) is 9.78 Å². The van der Waals surface area contributed by atoms with Crippen LogP contribution in [0.1, 0.15) is 0 Å². The van der Waals surface area contributed by atoms with E-state index in [1.165, 1.54) is 26.4 Å². The van der Waals surface area contributed by atoms with Gasteiger partial charge in [-0.1, -0.05) is 0 Å². The average molecular weight is 290 g/mol. The van der Waals surface area contributed by atoms with Gasteiger partial charge in [-0.15, -0.1) is 0 Å². The predicted octanol–water partition coefficient (Wildman–Crippen LogP) is 1.01. The molecule has 0 aliphatic rings.